The Hall–Kier alpha value is -0.520. The molecule has 0 aromatic carbocycles. The highest BCUT2D eigenvalue weighted by molar-refractivity contribution is 7.80. The lowest BCUT2D eigenvalue weighted by Crippen LogP contribution is -2.42. The van der Waals surface area contributed by atoms with Gasteiger partial charge in [-0.3, -0.25) is 4.90 Å². The van der Waals surface area contributed by atoms with E-state index in [2.05, 4.69) is 28.7 Å². The lowest BCUT2D eigenvalue weighted by atomic mass is 10.3. The van der Waals surface area contributed by atoms with E-state index in [1.54, 1.807) is 6.33 Å². The zero-order chi connectivity index (χ0) is 10.5. The SMILES string of the molecule is SC1COCCN1CCCn1c[c]nc1. The molecule has 0 saturated carbocycles. The number of hydrogen-bond acceptors (Lipinski definition) is 4. The summed E-state index contributed by atoms with van der Waals surface area (Å²) in [6.07, 6.45) is 7.58. The van der Waals surface area contributed by atoms with Crippen molar-refractivity contribution >= 4 is 12.6 Å². The maximum Gasteiger partial charge on any atom is 0.108 e. The van der Waals surface area contributed by atoms with Crippen molar-refractivity contribution in [1.29, 1.82) is 0 Å². The van der Waals surface area contributed by atoms with Gasteiger partial charge in [-0.1, -0.05) is 0 Å². The van der Waals surface area contributed by atoms with Gasteiger partial charge in [0.2, 0.25) is 0 Å². The number of morpholine rings is 1. The van der Waals surface area contributed by atoms with Gasteiger partial charge in [0.1, 0.15) is 6.20 Å². The van der Waals surface area contributed by atoms with Crippen molar-refractivity contribution in [2.24, 2.45) is 0 Å². The molecule has 0 aliphatic carbocycles. The van der Waals surface area contributed by atoms with Crippen LogP contribution in [0.1, 0.15) is 6.42 Å². The van der Waals surface area contributed by atoms with Crippen LogP contribution in [0.2, 0.25) is 0 Å². The van der Waals surface area contributed by atoms with Gasteiger partial charge in [0.25, 0.3) is 0 Å². The molecule has 1 fully saturated rings. The van der Waals surface area contributed by atoms with Crippen molar-refractivity contribution in [3.63, 3.8) is 0 Å². The van der Waals surface area contributed by atoms with Crippen molar-refractivity contribution in [3.8, 4) is 0 Å². The Balaban J connectivity index is 1.68. The molecule has 83 valence electrons. The van der Waals surface area contributed by atoms with E-state index in [9.17, 15) is 0 Å². The third kappa shape index (κ3) is 3.22. The maximum atomic E-state index is 5.33. The molecule has 5 heteroatoms. The van der Waals surface area contributed by atoms with Crippen LogP contribution in [0.5, 0.6) is 0 Å². The molecule has 1 atom stereocenters. The molecule has 1 aromatic heterocycles. The van der Waals surface area contributed by atoms with E-state index >= 15 is 0 Å². The summed E-state index contributed by atoms with van der Waals surface area (Å²) >= 11 is 4.48. The molecule has 1 aromatic rings. The molecule has 1 aliphatic heterocycles. The molecule has 2 heterocycles. The Morgan fingerprint density at radius 2 is 2.47 bits per heavy atom. The first-order valence-electron chi connectivity index (χ1n) is 5.24. The average Bonchev–Trinajstić information content (AvgIpc) is 2.74. The Bertz CT molecular complexity index is 278. The Kier molecular flexibility index (Phi) is 4.05. The van der Waals surface area contributed by atoms with Crippen molar-refractivity contribution in [2.45, 2.75) is 18.3 Å². The minimum Gasteiger partial charge on any atom is -0.378 e. The molecule has 0 N–H and O–H groups in total. The van der Waals surface area contributed by atoms with E-state index < -0.39 is 0 Å². The summed E-state index contributed by atoms with van der Waals surface area (Å²) in [5.41, 5.74) is 0. The van der Waals surface area contributed by atoms with Crippen molar-refractivity contribution in [2.75, 3.05) is 26.3 Å². The van der Waals surface area contributed by atoms with E-state index in [4.69, 9.17) is 4.74 Å². The van der Waals surface area contributed by atoms with Crippen LogP contribution in [-0.2, 0) is 11.3 Å². The zero-order valence-corrected chi connectivity index (χ0v) is 9.57. The first kappa shape index (κ1) is 11.0. The molecule has 1 radical (unpaired) electrons. The molecule has 4 nitrogen and oxygen atoms in total. The van der Waals surface area contributed by atoms with E-state index in [-0.39, 0.29) is 5.37 Å². The summed E-state index contributed by atoms with van der Waals surface area (Å²) in [6.45, 7) is 4.62. The third-order valence-electron chi connectivity index (χ3n) is 2.58. The van der Waals surface area contributed by atoms with Crippen LogP contribution >= 0.6 is 12.6 Å². The van der Waals surface area contributed by atoms with Gasteiger partial charge >= 0.3 is 0 Å². The highest BCUT2D eigenvalue weighted by Gasteiger charge is 2.18. The fourth-order valence-corrected chi connectivity index (χ4v) is 2.05. The summed E-state index contributed by atoms with van der Waals surface area (Å²) in [6, 6.07) is 0. The van der Waals surface area contributed by atoms with Crippen LogP contribution in [0, 0.1) is 6.20 Å². The lowest BCUT2D eigenvalue weighted by Gasteiger charge is -2.32. The number of aromatic nitrogens is 2. The second kappa shape index (κ2) is 5.53. The van der Waals surface area contributed by atoms with Gasteiger partial charge in [0, 0.05) is 25.8 Å². The monoisotopic (exact) mass is 226 g/mol. The number of nitrogens with zero attached hydrogens (tertiary/aromatic N) is 3. The molecule has 2 rings (SSSR count). The highest BCUT2D eigenvalue weighted by Crippen LogP contribution is 2.10. The average molecular weight is 226 g/mol. The molecule has 1 saturated heterocycles. The van der Waals surface area contributed by atoms with Crippen LogP contribution in [0.3, 0.4) is 0 Å². The molecule has 0 bridgehead atoms. The lowest BCUT2D eigenvalue weighted by molar-refractivity contribution is 0.0246. The normalized spacial score (nSPS) is 23.1. The van der Waals surface area contributed by atoms with E-state index in [1.807, 2.05) is 10.8 Å². The van der Waals surface area contributed by atoms with Crippen LogP contribution in [0.25, 0.3) is 0 Å². The summed E-state index contributed by atoms with van der Waals surface area (Å²) in [5, 5.41) is 0.257. The smallest absolute Gasteiger partial charge is 0.108 e. The second-order valence-electron chi connectivity index (χ2n) is 3.69. The van der Waals surface area contributed by atoms with Crippen LogP contribution in [0.15, 0.2) is 12.5 Å². The Morgan fingerprint density at radius 3 is 3.20 bits per heavy atom. The molecule has 0 amide bonds. The summed E-state index contributed by atoms with van der Waals surface area (Å²) in [7, 11) is 0. The van der Waals surface area contributed by atoms with Crippen LogP contribution < -0.4 is 0 Å². The van der Waals surface area contributed by atoms with Gasteiger partial charge in [0.05, 0.1) is 24.9 Å². The number of ether oxygens (including phenoxy) is 1. The molecular formula is C10H16N3OS. The quantitative estimate of drug-likeness (QED) is 0.765. The number of rotatable bonds is 4. The van der Waals surface area contributed by atoms with Gasteiger partial charge in [-0.05, 0) is 6.42 Å². The van der Waals surface area contributed by atoms with Crippen LogP contribution in [0.4, 0.5) is 0 Å². The molecule has 15 heavy (non-hydrogen) atoms. The van der Waals surface area contributed by atoms with Crippen LogP contribution in [-0.4, -0.2) is 46.1 Å². The number of imidazole rings is 1. The molecular weight excluding hydrogens is 210 g/mol. The summed E-state index contributed by atoms with van der Waals surface area (Å²) < 4.78 is 7.38. The van der Waals surface area contributed by atoms with Gasteiger partial charge in [-0.2, -0.15) is 12.6 Å². The Labute approximate surface area is 95.6 Å². The van der Waals surface area contributed by atoms with Crippen molar-refractivity contribution in [1.82, 2.24) is 14.5 Å². The molecule has 1 unspecified atom stereocenters. The fourth-order valence-electron chi connectivity index (χ4n) is 1.71. The minimum absolute atomic E-state index is 0.257. The zero-order valence-electron chi connectivity index (χ0n) is 8.67. The first-order chi connectivity index (χ1) is 7.36. The summed E-state index contributed by atoms with van der Waals surface area (Å²) in [4.78, 5) is 6.25. The topological polar surface area (TPSA) is 30.3 Å². The van der Waals surface area contributed by atoms with Gasteiger partial charge in [-0.25, -0.2) is 4.98 Å². The van der Waals surface area contributed by atoms with Crippen molar-refractivity contribution < 1.29 is 4.74 Å². The van der Waals surface area contributed by atoms with Gasteiger partial charge in [0.15, 0.2) is 0 Å². The molecule has 0 spiro atoms. The standard InChI is InChI=1S/C10H16N3OS/c15-10-8-14-7-6-13(10)4-1-3-12-5-2-11-9-12/h5,9-10,15H,1,3-4,6-8H2. The molecule has 1 aliphatic rings. The van der Waals surface area contributed by atoms with E-state index in [0.717, 1.165) is 39.3 Å². The first-order valence-corrected chi connectivity index (χ1v) is 5.75. The number of aryl methyl sites for hydroxylation is 1. The maximum absolute atomic E-state index is 5.33. The predicted octanol–water partition coefficient (Wildman–Crippen LogP) is 0.661. The number of hydrogen-bond donors (Lipinski definition) is 1. The third-order valence-corrected chi connectivity index (χ3v) is 3.05. The highest BCUT2D eigenvalue weighted by atomic mass is 32.1. The van der Waals surface area contributed by atoms with Crippen molar-refractivity contribution in [3.05, 3.63) is 18.7 Å². The van der Waals surface area contributed by atoms with E-state index in [1.165, 1.54) is 0 Å². The fraction of sp³-hybridized carbons (Fsp3) is 0.700. The largest absolute Gasteiger partial charge is 0.378 e. The van der Waals surface area contributed by atoms with Gasteiger partial charge in [-0.15, -0.1) is 0 Å². The van der Waals surface area contributed by atoms with E-state index in [0.29, 0.717) is 0 Å². The summed E-state index contributed by atoms with van der Waals surface area (Å²) in [5.74, 6) is 0. The Morgan fingerprint density at radius 1 is 1.53 bits per heavy atom. The van der Waals surface area contributed by atoms with Gasteiger partial charge < -0.3 is 9.30 Å². The predicted molar refractivity (Wildman–Crippen MR) is 60.8 cm³/mol. The minimum atomic E-state index is 0.257. The number of thiol groups is 1. The second-order valence-corrected chi connectivity index (χ2v) is 4.28.